The zero-order valence-corrected chi connectivity index (χ0v) is 10.6. The molecular formula is C14H16ClNO. The van der Waals surface area contributed by atoms with Crippen LogP contribution in [0.4, 0.5) is 0 Å². The highest BCUT2D eigenvalue weighted by atomic mass is 35.5. The lowest BCUT2D eigenvalue weighted by Gasteiger charge is -2.17. The minimum absolute atomic E-state index is 0.179. The van der Waals surface area contributed by atoms with Crippen molar-refractivity contribution in [2.75, 3.05) is 6.61 Å². The first-order valence-electron chi connectivity index (χ1n) is 5.70. The lowest BCUT2D eigenvalue weighted by Crippen LogP contribution is -2.08. The van der Waals surface area contributed by atoms with Crippen molar-refractivity contribution < 1.29 is 5.11 Å². The summed E-state index contributed by atoms with van der Waals surface area (Å²) in [5.41, 5.74) is 2.40. The summed E-state index contributed by atoms with van der Waals surface area (Å²) in [5, 5.41) is 9.95. The molecule has 0 saturated carbocycles. The molecule has 2 nitrogen and oxygen atoms in total. The van der Waals surface area contributed by atoms with Crippen LogP contribution in [0, 0.1) is 0 Å². The summed E-state index contributed by atoms with van der Waals surface area (Å²) >= 11 is 5.90. The maximum absolute atomic E-state index is 9.21. The van der Waals surface area contributed by atoms with E-state index < -0.39 is 0 Å². The number of hydrogen-bond acceptors (Lipinski definition) is 1. The molecule has 0 unspecified atom stereocenters. The number of halogens is 1. The summed E-state index contributed by atoms with van der Waals surface area (Å²) in [4.78, 5) is 0. The number of aryl methyl sites for hydroxylation is 1. The van der Waals surface area contributed by atoms with Gasteiger partial charge >= 0.3 is 0 Å². The Kier molecular flexibility index (Phi) is 3.87. The molecule has 0 aliphatic heterocycles. The molecule has 0 aliphatic carbocycles. The second-order valence-corrected chi connectivity index (χ2v) is 4.60. The van der Waals surface area contributed by atoms with E-state index >= 15 is 0 Å². The van der Waals surface area contributed by atoms with Crippen molar-refractivity contribution >= 4 is 11.6 Å². The van der Waals surface area contributed by atoms with Crippen LogP contribution in [-0.2, 0) is 7.05 Å². The van der Waals surface area contributed by atoms with E-state index in [4.69, 9.17) is 11.6 Å². The largest absolute Gasteiger partial charge is 0.396 e. The molecule has 0 bridgehead atoms. The second kappa shape index (κ2) is 5.39. The predicted octanol–water partition coefficient (Wildman–Crippen LogP) is 3.19. The zero-order chi connectivity index (χ0) is 12.3. The van der Waals surface area contributed by atoms with Gasteiger partial charge in [-0.3, -0.25) is 0 Å². The van der Waals surface area contributed by atoms with E-state index in [1.54, 1.807) is 0 Å². The third-order valence-electron chi connectivity index (χ3n) is 3.03. The van der Waals surface area contributed by atoms with E-state index in [-0.39, 0.29) is 12.5 Å². The van der Waals surface area contributed by atoms with Gasteiger partial charge in [-0.2, -0.15) is 0 Å². The number of rotatable bonds is 4. The quantitative estimate of drug-likeness (QED) is 0.885. The first kappa shape index (κ1) is 12.2. The fourth-order valence-electron chi connectivity index (χ4n) is 2.15. The molecular weight excluding hydrogens is 234 g/mol. The highest BCUT2D eigenvalue weighted by Crippen LogP contribution is 2.28. The molecule has 2 rings (SSSR count). The van der Waals surface area contributed by atoms with Crippen molar-refractivity contribution in [1.82, 2.24) is 4.57 Å². The van der Waals surface area contributed by atoms with Gasteiger partial charge in [-0.25, -0.2) is 0 Å². The van der Waals surface area contributed by atoms with Gasteiger partial charge in [0, 0.05) is 36.5 Å². The molecule has 2 aromatic rings. The average molecular weight is 250 g/mol. The van der Waals surface area contributed by atoms with Gasteiger partial charge in [0.15, 0.2) is 0 Å². The molecule has 0 fully saturated rings. The average Bonchev–Trinajstić information content (AvgIpc) is 2.74. The molecule has 3 heteroatoms. The third kappa shape index (κ3) is 2.71. The van der Waals surface area contributed by atoms with Crippen LogP contribution in [0.1, 0.15) is 23.6 Å². The monoisotopic (exact) mass is 249 g/mol. The normalized spacial score (nSPS) is 12.6. The van der Waals surface area contributed by atoms with Crippen LogP contribution < -0.4 is 0 Å². The second-order valence-electron chi connectivity index (χ2n) is 4.16. The number of aliphatic hydroxyl groups excluding tert-OH is 1. The maximum atomic E-state index is 9.21. The van der Waals surface area contributed by atoms with Crippen LogP contribution in [0.2, 0.25) is 5.02 Å². The Morgan fingerprint density at radius 2 is 1.94 bits per heavy atom. The van der Waals surface area contributed by atoms with E-state index in [1.165, 1.54) is 11.3 Å². The Hall–Kier alpha value is -1.25. The Morgan fingerprint density at radius 1 is 1.24 bits per heavy atom. The zero-order valence-electron chi connectivity index (χ0n) is 9.81. The fraction of sp³-hybridized carbons (Fsp3) is 0.286. The van der Waals surface area contributed by atoms with Crippen LogP contribution >= 0.6 is 11.6 Å². The molecule has 0 amide bonds. The summed E-state index contributed by atoms with van der Waals surface area (Å²) < 4.78 is 2.09. The van der Waals surface area contributed by atoms with Crippen LogP contribution in [0.15, 0.2) is 42.6 Å². The molecule has 0 aliphatic rings. The van der Waals surface area contributed by atoms with Crippen LogP contribution in [-0.4, -0.2) is 16.3 Å². The molecule has 1 aromatic heterocycles. The van der Waals surface area contributed by atoms with Gasteiger partial charge < -0.3 is 9.67 Å². The Bertz CT molecular complexity index is 475. The summed E-state index contributed by atoms with van der Waals surface area (Å²) in [6.07, 6.45) is 2.75. The summed E-state index contributed by atoms with van der Waals surface area (Å²) in [7, 11) is 2.02. The van der Waals surface area contributed by atoms with Crippen LogP contribution in [0.5, 0.6) is 0 Å². The number of nitrogens with zero attached hydrogens (tertiary/aromatic N) is 1. The SMILES string of the molecule is Cn1cccc1[C@@H](CCO)c1ccc(Cl)cc1. The van der Waals surface area contributed by atoms with Crippen molar-refractivity contribution in [2.24, 2.45) is 7.05 Å². The molecule has 1 heterocycles. The first-order chi connectivity index (χ1) is 8.22. The molecule has 1 atom stereocenters. The van der Waals surface area contributed by atoms with Gasteiger partial charge in [0.05, 0.1) is 0 Å². The molecule has 17 heavy (non-hydrogen) atoms. The van der Waals surface area contributed by atoms with E-state index in [2.05, 4.69) is 10.6 Å². The Balaban J connectivity index is 2.35. The van der Waals surface area contributed by atoms with Gasteiger partial charge in [-0.1, -0.05) is 23.7 Å². The highest BCUT2D eigenvalue weighted by molar-refractivity contribution is 6.30. The summed E-state index contributed by atoms with van der Waals surface area (Å²) in [6.45, 7) is 0.179. The van der Waals surface area contributed by atoms with Crippen LogP contribution in [0.3, 0.4) is 0 Å². The predicted molar refractivity (Wildman–Crippen MR) is 70.4 cm³/mol. The van der Waals surface area contributed by atoms with E-state index in [0.29, 0.717) is 0 Å². The molecule has 1 N–H and O–H groups in total. The third-order valence-corrected chi connectivity index (χ3v) is 3.28. The van der Waals surface area contributed by atoms with Gasteiger partial charge in [0.25, 0.3) is 0 Å². The highest BCUT2D eigenvalue weighted by Gasteiger charge is 2.15. The Labute approximate surface area is 106 Å². The van der Waals surface area contributed by atoms with E-state index in [1.807, 2.05) is 43.6 Å². The number of aromatic nitrogens is 1. The van der Waals surface area contributed by atoms with Gasteiger partial charge in [-0.05, 0) is 36.2 Å². The van der Waals surface area contributed by atoms with Gasteiger partial charge in [0.1, 0.15) is 0 Å². The van der Waals surface area contributed by atoms with Crippen molar-refractivity contribution in [1.29, 1.82) is 0 Å². The lowest BCUT2D eigenvalue weighted by molar-refractivity contribution is 0.280. The van der Waals surface area contributed by atoms with Crippen molar-refractivity contribution in [3.05, 3.63) is 58.9 Å². The molecule has 0 saturated heterocycles. The van der Waals surface area contributed by atoms with Gasteiger partial charge in [-0.15, -0.1) is 0 Å². The van der Waals surface area contributed by atoms with E-state index in [9.17, 15) is 5.11 Å². The minimum Gasteiger partial charge on any atom is -0.396 e. The van der Waals surface area contributed by atoms with Crippen LogP contribution in [0.25, 0.3) is 0 Å². The van der Waals surface area contributed by atoms with Crippen molar-refractivity contribution in [3.63, 3.8) is 0 Å². The van der Waals surface area contributed by atoms with Crippen molar-refractivity contribution in [3.8, 4) is 0 Å². The smallest absolute Gasteiger partial charge is 0.0440 e. The fourth-order valence-corrected chi connectivity index (χ4v) is 2.27. The molecule has 0 spiro atoms. The topological polar surface area (TPSA) is 25.2 Å². The van der Waals surface area contributed by atoms with Gasteiger partial charge in [0.2, 0.25) is 0 Å². The number of benzene rings is 1. The lowest BCUT2D eigenvalue weighted by atomic mass is 9.93. The standard InChI is InChI=1S/C14H16ClNO/c1-16-9-2-3-14(16)13(8-10-17)11-4-6-12(15)7-5-11/h2-7,9,13,17H,8,10H2,1H3/t13-/m0/s1. The molecule has 0 radical (unpaired) electrons. The molecule has 90 valence electrons. The summed E-state index contributed by atoms with van der Waals surface area (Å²) in [6, 6.07) is 11.9. The first-order valence-corrected chi connectivity index (χ1v) is 6.07. The number of hydrogen-bond donors (Lipinski definition) is 1. The van der Waals surface area contributed by atoms with E-state index in [0.717, 1.165) is 11.4 Å². The minimum atomic E-state index is 0.179. The number of aliphatic hydroxyl groups is 1. The summed E-state index contributed by atoms with van der Waals surface area (Å²) in [5.74, 6) is 0.220. The molecule has 1 aromatic carbocycles. The maximum Gasteiger partial charge on any atom is 0.0440 e. The Morgan fingerprint density at radius 3 is 2.47 bits per heavy atom. The van der Waals surface area contributed by atoms with Crippen molar-refractivity contribution in [2.45, 2.75) is 12.3 Å².